The molecule has 3 rings (SSSR count). The average Bonchev–Trinajstić information content (AvgIpc) is 2.88. The summed E-state index contributed by atoms with van der Waals surface area (Å²) in [6.07, 6.45) is 1.68. The molecule has 1 N–H and O–H groups in total. The van der Waals surface area contributed by atoms with Gasteiger partial charge in [-0.2, -0.15) is 4.37 Å². The van der Waals surface area contributed by atoms with Gasteiger partial charge in [-0.25, -0.2) is 8.42 Å². The highest BCUT2D eigenvalue weighted by Gasteiger charge is 2.18. The molecule has 0 aliphatic rings. The van der Waals surface area contributed by atoms with Crippen LogP contribution in [-0.4, -0.2) is 12.8 Å². The maximum Gasteiger partial charge on any atom is 0.263 e. The van der Waals surface area contributed by atoms with Crippen molar-refractivity contribution in [2.24, 2.45) is 0 Å². The molecule has 0 unspecified atom stereocenters. The zero-order valence-electron chi connectivity index (χ0n) is 10.4. The summed E-state index contributed by atoms with van der Waals surface area (Å²) in [7, 11) is -3.80. The number of benzene rings is 2. The van der Waals surface area contributed by atoms with Crippen LogP contribution in [0.3, 0.4) is 0 Å². The van der Waals surface area contributed by atoms with E-state index in [-0.39, 0.29) is 9.92 Å². The van der Waals surface area contributed by atoms with Gasteiger partial charge < -0.3 is 0 Å². The summed E-state index contributed by atoms with van der Waals surface area (Å²) >= 11 is 13.1. The maximum absolute atomic E-state index is 12.4. The summed E-state index contributed by atoms with van der Waals surface area (Å²) in [6.45, 7) is 0. The minimum absolute atomic E-state index is 0.0554. The SMILES string of the molecule is O=S(=O)(Nc1ccc2sncc2c1)c1cc(Cl)ccc1Cl. The highest BCUT2D eigenvalue weighted by molar-refractivity contribution is 7.92. The monoisotopic (exact) mass is 358 g/mol. The van der Waals surface area contributed by atoms with Gasteiger partial charge in [0.1, 0.15) is 4.90 Å². The highest BCUT2D eigenvalue weighted by atomic mass is 35.5. The third kappa shape index (κ3) is 2.98. The third-order valence-electron chi connectivity index (χ3n) is 2.79. The number of rotatable bonds is 3. The lowest BCUT2D eigenvalue weighted by Gasteiger charge is -2.10. The van der Waals surface area contributed by atoms with Crippen molar-refractivity contribution < 1.29 is 8.42 Å². The van der Waals surface area contributed by atoms with Crippen molar-refractivity contribution in [2.75, 3.05) is 4.72 Å². The second kappa shape index (κ2) is 5.46. The van der Waals surface area contributed by atoms with E-state index < -0.39 is 10.0 Å². The van der Waals surface area contributed by atoms with Crippen LogP contribution < -0.4 is 4.72 Å². The molecule has 0 radical (unpaired) electrons. The molecule has 0 fully saturated rings. The molecule has 1 aromatic heterocycles. The lowest BCUT2D eigenvalue weighted by Crippen LogP contribution is -2.13. The molecular formula is C13H8Cl2N2O2S2. The molecule has 0 atom stereocenters. The summed E-state index contributed by atoms with van der Waals surface area (Å²) in [5.41, 5.74) is 0.443. The first-order valence-corrected chi connectivity index (χ1v) is 8.79. The van der Waals surface area contributed by atoms with E-state index in [1.54, 1.807) is 18.3 Å². The number of hydrogen-bond acceptors (Lipinski definition) is 4. The number of fused-ring (bicyclic) bond motifs is 1. The van der Waals surface area contributed by atoms with Crippen LogP contribution in [0.4, 0.5) is 5.69 Å². The van der Waals surface area contributed by atoms with Gasteiger partial charge in [0.15, 0.2) is 0 Å². The minimum atomic E-state index is -3.80. The average molecular weight is 359 g/mol. The molecule has 0 bridgehead atoms. The summed E-state index contributed by atoms with van der Waals surface area (Å²) in [5, 5.41) is 1.29. The van der Waals surface area contributed by atoms with Gasteiger partial charge in [-0.1, -0.05) is 23.2 Å². The fourth-order valence-electron chi connectivity index (χ4n) is 1.83. The summed E-state index contributed by atoms with van der Waals surface area (Å²) in [4.78, 5) is -0.0554. The third-order valence-corrected chi connectivity index (χ3v) is 5.66. The predicted octanol–water partition coefficient (Wildman–Crippen LogP) is 4.40. The highest BCUT2D eigenvalue weighted by Crippen LogP contribution is 2.28. The number of anilines is 1. The van der Waals surface area contributed by atoms with Gasteiger partial charge in [0.05, 0.1) is 9.72 Å². The van der Waals surface area contributed by atoms with Crippen molar-refractivity contribution in [1.29, 1.82) is 0 Å². The van der Waals surface area contributed by atoms with Crippen LogP contribution in [0.2, 0.25) is 10.0 Å². The van der Waals surface area contributed by atoms with Crippen molar-refractivity contribution in [3.63, 3.8) is 0 Å². The molecule has 0 aliphatic carbocycles. The molecule has 0 aliphatic heterocycles. The number of sulfonamides is 1. The molecule has 21 heavy (non-hydrogen) atoms. The Labute approximate surface area is 135 Å². The molecule has 4 nitrogen and oxygen atoms in total. The van der Waals surface area contributed by atoms with Crippen molar-refractivity contribution in [2.45, 2.75) is 4.90 Å². The van der Waals surface area contributed by atoms with Crippen molar-refractivity contribution in [3.05, 3.63) is 52.6 Å². The molecule has 2 aromatic carbocycles. The van der Waals surface area contributed by atoms with Crippen LogP contribution in [0.5, 0.6) is 0 Å². The number of nitrogens with zero attached hydrogens (tertiary/aromatic N) is 1. The zero-order chi connectivity index (χ0) is 15.0. The van der Waals surface area contributed by atoms with Gasteiger partial charge >= 0.3 is 0 Å². The van der Waals surface area contributed by atoms with E-state index in [0.717, 1.165) is 10.1 Å². The minimum Gasteiger partial charge on any atom is -0.280 e. The summed E-state index contributed by atoms with van der Waals surface area (Å²) in [5.74, 6) is 0. The Hall–Kier alpha value is -1.34. The summed E-state index contributed by atoms with van der Waals surface area (Å²) < 4.78 is 32.3. The first-order chi connectivity index (χ1) is 9.95. The van der Waals surface area contributed by atoms with E-state index >= 15 is 0 Å². The van der Waals surface area contributed by atoms with Gasteiger partial charge in [0.25, 0.3) is 10.0 Å². The lowest BCUT2D eigenvalue weighted by molar-refractivity contribution is 0.601. The molecule has 1 heterocycles. The van der Waals surface area contributed by atoms with Gasteiger partial charge in [-0.15, -0.1) is 0 Å². The Morgan fingerprint density at radius 1 is 1.10 bits per heavy atom. The first-order valence-electron chi connectivity index (χ1n) is 5.78. The Bertz CT molecular complexity index is 923. The standard InChI is InChI=1S/C13H8Cl2N2O2S2/c14-9-1-3-11(15)13(6-9)21(18,19)17-10-2-4-12-8(5-10)7-16-20-12/h1-7,17H. The number of nitrogens with one attached hydrogen (secondary N) is 1. The number of aromatic nitrogens is 1. The molecule has 3 aromatic rings. The largest absolute Gasteiger partial charge is 0.280 e. The normalized spacial score (nSPS) is 11.7. The zero-order valence-corrected chi connectivity index (χ0v) is 13.5. The van der Waals surface area contributed by atoms with E-state index in [1.165, 1.54) is 29.7 Å². The van der Waals surface area contributed by atoms with Crippen LogP contribution in [0.25, 0.3) is 10.1 Å². The smallest absolute Gasteiger partial charge is 0.263 e. The first kappa shape index (κ1) is 14.6. The van der Waals surface area contributed by atoms with E-state index in [2.05, 4.69) is 9.10 Å². The van der Waals surface area contributed by atoms with Gasteiger partial charge in [0, 0.05) is 22.3 Å². The van der Waals surface area contributed by atoms with Gasteiger partial charge in [0.2, 0.25) is 0 Å². The van der Waals surface area contributed by atoms with Crippen LogP contribution >= 0.6 is 34.7 Å². The number of hydrogen-bond donors (Lipinski definition) is 1. The Morgan fingerprint density at radius 2 is 1.90 bits per heavy atom. The molecule has 108 valence electrons. The van der Waals surface area contributed by atoms with Crippen LogP contribution in [-0.2, 0) is 10.0 Å². The van der Waals surface area contributed by atoms with Crippen molar-refractivity contribution >= 4 is 60.5 Å². The van der Waals surface area contributed by atoms with Crippen molar-refractivity contribution in [3.8, 4) is 0 Å². The molecular weight excluding hydrogens is 351 g/mol. The van der Waals surface area contributed by atoms with Crippen LogP contribution in [0, 0.1) is 0 Å². The van der Waals surface area contributed by atoms with Crippen LogP contribution in [0.15, 0.2) is 47.5 Å². The van der Waals surface area contributed by atoms with E-state index in [4.69, 9.17) is 23.2 Å². The van der Waals surface area contributed by atoms with Crippen LogP contribution in [0.1, 0.15) is 0 Å². The van der Waals surface area contributed by atoms with E-state index in [1.807, 2.05) is 6.07 Å². The lowest BCUT2D eigenvalue weighted by atomic mass is 10.2. The Kier molecular flexibility index (Phi) is 3.79. The Morgan fingerprint density at radius 3 is 2.71 bits per heavy atom. The van der Waals surface area contributed by atoms with E-state index in [0.29, 0.717) is 10.7 Å². The van der Waals surface area contributed by atoms with Gasteiger partial charge in [-0.3, -0.25) is 4.72 Å². The second-order valence-corrected chi connectivity index (χ2v) is 7.59. The molecule has 0 saturated heterocycles. The quantitative estimate of drug-likeness (QED) is 0.754. The maximum atomic E-state index is 12.4. The topological polar surface area (TPSA) is 59.1 Å². The van der Waals surface area contributed by atoms with Crippen molar-refractivity contribution in [1.82, 2.24) is 4.37 Å². The van der Waals surface area contributed by atoms with E-state index in [9.17, 15) is 8.42 Å². The summed E-state index contributed by atoms with van der Waals surface area (Å²) in [6, 6.07) is 9.50. The fourth-order valence-corrected chi connectivity index (χ4v) is 4.27. The molecule has 8 heteroatoms. The molecule has 0 amide bonds. The number of halogens is 2. The predicted molar refractivity (Wildman–Crippen MR) is 86.9 cm³/mol. The molecule has 0 spiro atoms. The fraction of sp³-hybridized carbons (Fsp3) is 0. The van der Waals surface area contributed by atoms with Gasteiger partial charge in [-0.05, 0) is 47.9 Å². The Balaban J connectivity index is 2.00. The second-order valence-electron chi connectivity index (χ2n) is 4.26. The molecule has 0 saturated carbocycles.